The zero-order chi connectivity index (χ0) is 13.7. The van der Waals surface area contributed by atoms with Gasteiger partial charge in [-0.2, -0.15) is 0 Å². The van der Waals surface area contributed by atoms with E-state index in [1.165, 1.54) is 15.5 Å². The monoisotopic (exact) mass is 297 g/mol. The van der Waals surface area contributed by atoms with Crippen LogP contribution >= 0.6 is 23.6 Å². The van der Waals surface area contributed by atoms with E-state index < -0.39 is 0 Å². The van der Waals surface area contributed by atoms with Gasteiger partial charge in [0.05, 0.1) is 17.3 Å². The lowest BCUT2D eigenvalue weighted by molar-refractivity contribution is 0.419. The van der Waals surface area contributed by atoms with Crippen LogP contribution in [0.3, 0.4) is 0 Å². The summed E-state index contributed by atoms with van der Waals surface area (Å²) in [6, 6.07) is 14.5. The maximum atomic E-state index is 5.53. The molecule has 0 amide bonds. The lowest BCUT2D eigenvalue weighted by Crippen LogP contribution is -1.88. The van der Waals surface area contributed by atoms with Gasteiger partial charge in [0.2, 0.25) is 0 Å². The summed E-state index contributed by atoms with van der Waals surface area (Å²) in [7, 11) is 1.68. The summed E-state index contributed by atoms with van der Waals surface area (Å²) in [5.74, 6) is 0.825. The number of benzene rings is 2. The molecule has 4 aromatic rings. The number of ether oxygens (including phenoxy) is 1. The van der Waals surface area contributed by atoms with Crippen LogP contribution in [0, 0.1) is 4.64 Å². The van der Waals surface area contributed by atoms with E-state index in [2.05, 4.69) is 35.3 Å². The Balaban J connectivity index is 2.37. The summed E-state index contributed by atoms with van der Waals surface area (Å²) in [5.41, 5.74) is 0.969. The molecule has 0 aliphatic carbocycles. The van der Waals surface area contributed by atoms with Crippen molar-refractivity contribution >= 4 is 54.6 Å². The average molecular weight is 297 g/mol. The number of H-pyrrole nitrogens is 1. The van der Waals surface area contributed by atoms with Gasteiger partial charge in [0, 0.05) is 20.9 Å². The van der Waals surface area contributed by atoms with Crippen molar-refractivity contribution in [1.29, 1.82) is 0 Å². The smallest absolute Gasteiger partial charge is 0.142 e. The van der Waals surface area contributed by atoms with E-state index in [0.29, 0.717) is 0 Å². The number of hydrogen-bond donors (Lipinski definition) is 1. The normalized spacial score (nSPS) is 11.4. The molecule has 0 atom stereocenters. The van der Waals surface area contributed by atoms with Crippen molar-refractivity contribution in [1.82, 2.24) is 4.98 Å². The van der Waals surface area contributed by atoms with Gasteiger partial charge in [-0.25, -0.2) is 0 Å². The molecule has 2 aromatic heterocycles. The van der Waals surface area contributed by atoms with Crippen molar-refractivity contribution in [2.75, 3.05) is 7.11 Å². The third kappa shape index (κ3) is 1.52. The van der Waals surface area contributed by atoms with E-state index in [4.69, 9.17) is 17.0 Å². The predicted octanol–water partition coefficient (Wildman–Crippen LogP) is 5.27. The average Bonchev–Trinajstić information content (AvgIpc) is 2.87. The van der Waals surface area contributed by atoms with Crippen LogP contribution in [0.2, 0.25) is 0 Å². The Morgan fingerprint density at radius 1 is 1.05 bits per heavy atom. The molecular weight excluding hydrogens is 286 g/mol. The lowest BCUT2D eigenvalue weighted by Gasteiger charge is -2.06. The van der Waals surface area contributed by atoms with Gasteiger partial charge >= 0.3 is 0 Å². The predicted molar refractivity (Wildman–Crippen MR) is 88.6 cm³/mol. The van der Waals surface area contributed by atoms with Gasteiger partial charge in [-0.15, -0.1) is 11.3 Å². The van der Waals surface area contributed by atoms with Gasteiger partial charge in [-0.3, -0.25) is 0 Å². The molecule has 20 heavy (non-hydrogen) atoms. The number of rotatable bonds is 1. The number of aromatic amines is 1. The standard InChI is InChI=1S/C16H11NOS2/c1-18-11-7-4-6-10-13-9-5-2-3-8-12(9)20-15(13)16(19)17-14(10)11/h2-8H,1H3,(H,17,19). The third-order valence-corrected chi connectivity index (χ3v) is 5.18. The first kappa shape index (κ1) is 11.9. The van der Waals surface area contributed by atoms with E-state index in [1.54, 1.807) is 18.4 Å². The Bertz CT molecular complexity index is 1010. The largest absolute Gasteiger partial charge is 0.495 e. The van der Waals surface area contributed by atoms with Gasteiger partial charge in [-0.05, 0) is 12.1 Å². The molecule has 0 saturated heterocycles. The minimum Gasteiger partial charge on any atom is -0.495 e. The number of nitrogens with one attached hydrogen (secondary N) is 1. The Labute approximate surface area is 124 Å². The van der Waals surface area contributed by atoms with Crippen molar-refractivity contribution in [3.8, 4) is 5.75 Å². The second kappa shape index (κ2) is 4.30. The summed E-state index contributed by atoms with van der Waals surface area (Å²) >= 11 is 7.27. The van der Waals surface area contributed by atoms with Crippen LogP contribution in [-0.2, 0) is 0 Å². The molecule has 0 fully saturated rings. The first-order valence-electron chi connectivity index (χ1n) is 6.30. The van der Waals surface area contributed by atoms with Crippen LogP contribution in [-0.4, -0.2) is 12.1 Å². The quantitative estimate of drug-likeness (QED) is 0.484. The molecule has 2 aromatic carbocycles. The Kier molecular flexibility index (Phi) is 2.55. The molecule has 0 saturated carbocycles. The van der Waals surface area contributed by atoms with Crippen molar-refractivity contribution in [2.24, 2.45) is 0 Å². The third-order valence-electron chi connectivity index (χ3n) is 3.56. The highest BCUT2D eigenvalue weighted by atomic mass is 32.1. The summed E-state index contributed by atoms with van der Waals surface area (Å²) in [4.78, 5) is 3.31. The van der Waals surface area contributed by atoms with Crippen molar-refractivity contribution in [2.45, 2.75) is 0 Å². The SMILES string of the molecule is COc1cccc2c1[nH]c(=S)c1sc3ccccc3c12. The molecule has 2 nitrogen and oxygen atoms in total. The number of hydrogen-bond acceptors (Lipinski definition) is 3. The second-order valence-electron chi connectivity index (χ2n) is 4.64. The zero-order valence-electron chi connectivity index (χ0n) is 10.8. The molecule has 0 aliphatic heterocycles. The van der Waals surface area contributed by atoms with Crippen LogP contribution in [0.4, 0.5) is 0 Å². The first-order valence-corrected chi connectivity index (χ1v) is 7.52. The maximum absolute atomic E-state index is 5.53. The summed E-state index contributed by atoms with van der Waals surface area (Å²) in [5, 5.41) is 3.64. The molecule has 0 bridgehead atoms. The number of thiophene rings is 1. The van der Waals surface area contributed by atoms with E-state index in [-0.39, 0.29) is 0 Å². The number of para-hydroxylation sites is 1. The topological polar surface area (TPSA) is 25.0 Å². The first-order chi connectivity index (χ1) is 9.79. The second-order valence-corrected chi connectivity index (χ2v) is 6.10. The highest BCUT2D eigenvalue weighted by Crippen LogP contribution is 2.39. The fourth-order valence-corrected chi connectivity index (χ4v) is 4.12. The van der Waals surface area contributed by atoms with Crippen LogP contribution < -0.4 is 4.74 Å². The van der Waals surface area contributed by atoms with Gasteiger partial charge in [0.25, 0.3) is 0 Å². The van der Waals surface area contributed by atoms with Gasteiger partial charge < -0.3 is 9.72 Å². The molecule has 2 heterocycles. The number of fused-ring (bicyclic) bond motifs is 5. The van der Waals surface area contributed by atoms with Crippen LogP contribution in [0.5, 0.6) is 5.75 Å². The number of aromatic nitrogens is 1. The Morgan fingerprint density at radius 2 is 1.85 bits per heavy atom. The highest BCUT2D eigenvalue weighted by molar-refractivity contribution is 7.71. The van der Waals surface area contributed by atoms with Gasteiger partial charge in [-0.1, -0.05) is 42.5 Å². The number of pyridine rings is 1. The lowest BCUT2D eigenvalue weighted by atomic mass is 10.1. The Morgan fingerprint density at radius 3 is 2.70 bits per heavy atom. The highest BCUT2D eigenvalue weighted by Gasteiger charge is 2.12. The van der Waals surface area contributed by atoms with Crippen LogP contribution in [0.15, 0.2) is 42.5 Å². The summed E-state index contributed by atoms with van der Waals surface area (Å²) < 4.78 is 8.62. The molecule has 1 N–H and O–H groups in total. The summed E-state index contributed by atoms with van der Waals surface area (Å²) in [6.07, 6.45) is 0. The van der Waals surface area contributed by atoms with Crippen molar-refractivity contribution < 1.29 is 4.74 Å². The van der Waals surface area contributed by atoms with E-state index >= 15 is 0 Å². The molecular formula is C16H11NOS2. The number of methoxy groups -OCH3 is 1. The van der Waals surface area contributed by atoms with Crippen LogP contribution in [0.1, 0.15) is 0 Å². The molecule has 0 aliphatic rings. The maximum Gasteiger partial charge on any atom is 0.142 e. The van der Waals surface area contributed by atoms with E-state index in [0.717, 1.165) is 26.0 Å². The molecule has 0 spiro atoms. The van der Waals surface area contributed by atoms with Crippen molar-refractivity contribution in [3.05, 3.63) is 47.1 Å². The van der Waals surface area contributed by atoms with Crippen LogP contribution in [0.25, 0.3) is 31.1 Å². The van der Waals surface area contributed by atoms with Crippen molar-refractivity contribution in [3.63, 3.8) is 0 Å². The minimum atomic E-state index is 0.776. The van der Waals surface area contributed by atoms with Gasteiger partial charge in [0.15, 0.2) is 0 Å². The fourth-order valence-electron chi connectivity index (χ4n) is 2.68. The molecule has 4 rings (SSSR count). The summed E-state index contributed by atoms with van der Waals surface area (Å²) in [6.45, 7) is 0. The molecule has 4 heteroatoms. The van der Waals surface area contributed by atoms with Gasteiger partial charge in [0.1, 0.15) is 10.4 Å². The fraction of sp³-hybridized carbons (Fsp3) is 0.0625. The molecule has 0 unspecified atom stereocenters. The molecule has 0 radical (unpaired) electrons. The van der Waals surface area contributed by atoms with E-state index in [9.17, 15) is 0 Å². The minimum absolute atomic E-state index is 0.776. The van der Waals surface area contributed by atoms with E-state index in [1.807, 2.05) is 12.1 Å². The molecule has 98 valence electrons. The Hall–Kier alpha value is -1.91. The zero-order valence-corrected chi connectivity index (χ0v) is 12.4.